The molecule has 5 nitrogen and oxygen atoms in total. The van der Waals surface area contributed by atoms with E-state index in [1.54, 1.807) is 0 Å². The largest absolute Gasteiger partial charge is 0.509 e. The smallest absolute Gasteiger partial charge is 0.499 e. The number of ether oxygens (including phenoxy) is 3. The van der Waals surface area contributed by atoms with Gasteiger partial charge in [0, 0.05) is 0 Å². The fourth-order valence-corrected chi connectivity index (χ4v) is 0.534. The first kappa shape index (κ1) is 12.3. The summed E-state index contributed by atoms with van der Waals surface area (Å²) in [5, 5.41) is 9.11. The van der Waals surface area contributed by atoms with Crippen LogP contribution in [-0.4, -0.2) is 37.2 Å². The molecular weight excluding hydrogens is 188 g/mol. The van der Waals surface area contributed by atoms with Gasteiger partial charge in [-0.15, -0.1) is 6.42 Å². The van der Waals surface area contributed by atoms with E-state index in [0.717, 1.165) is 0 Å². The predicted octanol–water partition coefficient (Wildman–Crippen LogP) is 0.294. The lowest BCUT2D eigenvalue weighted by atomic mass is 10.4. The van der Waals surface area contributed by atoms with E-state index < -0.39 is 12.3 Å². The molecule has 0 aliphatic heterocycles. The molecule has 14 heavy (non-hydrogen) atoms. The summed E-state index contributed by atoms with van der Waals surface area (Å²) in [5.41, 5.74) is 0. The van der Waals surface area contributed by atoms with Crippen molar-refractivity contribution in [2.45, 2.75) is 6.10 Å². The zero-order chi connectivity index (χ0) is 10.8. The van der Waals surface area contributed by atoms with Gasteiger partial charge < -0.3 is 19.3 Å². The Morgan fingerprint density at radius 3 is 2.86 bits per heavy atom. The highest BCUT2D eigenvalue weighted by molar-refractivity contribution is 5.60. The molecule has 0 aromatic carbocycles. The lowest BCUT2D eigenvalue weighted by Crippen LogP contribution is -2.23. The molecule has 0 aromatic rings. The second-order valence-corrected chi connectivity index (χ2v) is 2.21. The van der Waals surface area contributed by atoms with Gasteiger partial charge in [-0.05, 0) is 0 Å². The maximum Gasteiger partial charge on any atom is 0.509 e. The van der Waals surface area contributed by atoms with Crippen molar-refractivity contribution in [1.29, 1.82) is 0 Å². The van der Waals surface area contributed by atoms with Crippen LogP contribution in [0.2, 0.25) is 0 Å². The third kappa shape index (κ3) is 7.00. The van der Waals surface area contributed by atoms with Crippen molar-refractivity contribution in [2.24, 2.45) is 0 Å². The van der Waals surface area contributed by atoms with Crippen molar-refractivity contribution in [3.8, 4) is 12.3 Å². The SMILES string of the molecule is C#CCOC(=O)OCC(O)COC=C. The zero-order valence-corrected chi connectivity index (χ0v) is 7.64. The topological polar surface area (TPSA) is 65.0 Å². The second kappa shape index (κ2) is 7.95. The van der Waals surface area contributed by atoms with Crippen LogP contribution in [0, 0.1) is 12.3 Å². The normalized spacial score (nSPS) is 10.9. The first-order valence-corrected chi connectivity index (χ1v) is 3.84. The maximum absolute atomic E-state index is 10.7. The van der Waals surface area contributed by atoms with Crippen LogP contribution in [-0.2, 0) is 14.2 Å². The summed E-state index contributed by atoms with van der Waals surface area (Å²) < 4.78 is 13.5. The summed E-state index contributed by atoms with van der Waals surface area (Å²) in [5.74, 6) is 2.10. The average Bonchev–Trinajstić information content (AvgIpc) is 2.20. The molecule has 0 aliphatic rings. The Hall–Kier alpha value is -1.67. The van der Waals surface area contributed by atoms with Crippen molar-refractivity contribution >= 4 is 6.16 Å². The molecule has 1 atom stereocenters. The van der Waals surface area contributed by atoms with Crippen LogP contribution in [0.4, 0.5) is 4.79 Å². The highest BCUT2D eigenvalue weighted by Gasteiger charge is 2.08. The van der Waals surface area contributed by atoms with Crippen molar-refractivity contribution in [2.75, 3.05) is 19.8 Å². The van der Waals surface area contributed by atoms with Crippen LogP contribution in [0.15, 0.2) is 12.8 Å². The second-order valence-electron chi connectivity index (χ2n) is 2.21. The Morgan fingerprint density at radius 1 is 1.57 bits per heavy atom. The van der Waals surface area contributed by atoms with Crippen molar-refractivity contribution in [3.63, 3.8) is 0 Å². The van der Waals surface area contributed by atoms with Gasteiger partial charge in [0.2, 0.25) is 0 Å². The van der Waals surface area contributed by atoms with Crippen LogP contribution >= 0.6 is 0 Å². The lowest BCUT2D eigenvalue weighted by molar-refractivity contribution is 0.00167. The van der Waals surface area contributed by atoms with E-state index in [0.29, 0.717) is 0 Å². The Bertz CT molecular complexity index is 218. The zero-order valence-electron chi connectivity index (χ0n) is 7.64. The van der Waals surface area contributed by atoms with Gasteiger partial charge in [0.25, 0.3) is 0 Å². The molecule has 1 N–H and O–H groups in total. The van der Waals surface area contributed by atoms with Gasteiger partial charge in [0.05, 0.1) is 6.26 Å². The first-order valence-electron chi connectivity index (χ1n) is 3.84. The molecule has 0 bridgehead atoms. The first-order chi connectivity index (χ1) is 6.70. The minimum absolute atomic E-state index is 0.00587. The quantitative estimate of drug-likeness (QED) is 0.379. The van der Waals surface area contributed by atoms with E-state index in [2.05, 4.69) is 26.7 Å². The van der Waals surface area contributed by atoms with E-state index in [4.69, 9.17) is 11.5 Å². The molecule has 0 aromatic heterocycles. The predicted molar refractivity (Wildman–Crippen MR) is 48.3 cm³/mol. The number of carbonyl (C=O) groups excluding carboxylic acids is 1. The Morgan fingerprint density at radius 2 is 2.29 bits per heavy atom. The van der Waals surface area contributed by atoms with Crippen molar-refractivity contribution in [1.82, 2.24) is 0 Å². The standard InChI is InChI=1S/C9H12O5/c1-3-5-13-9(11)14-7-8(10)6-12-4-2/h1,4,8,10H,2,5-7H2. The molecule has 0 aliphatic carbocycles. The third-order valence-electron chi connectivity index (χ3n) is 1.07. The highest BCUT2D eigenvalue weighted by atomic mass is 16.7. The van der Waals surface area contributed by atoms with Gasteiger partial charge in [0.1, 0.15) is 19.3 Å². The number of terminal acetylenes is 1. The Balaban J connectivity index is 3.46. The molecule has 0 saturated heterocycles. The van der Waals surface area contributed by atoms with E-state index >= 15 is 0 Å². The van der Waals surface area contributed by atoms with Gasteiger partial charge in [-0.2, -0.15) is 0 Å². The van der Waals surface area contributed by atoms with Crippen LogP contribution in [0.5, 0.6) is 0 Å². The lowest BCUT2D eigenvalue weighted by Gasteiger charge is -2.09. The Kier molecular flexibility index (Phi) is 7.00. The molecule has 0 spiro atoms. The number of rotatable bonds is 6. The minimum Gasteiger partial charge on any atom is -0.499 e. The molecule has 0 fully saturated rings. The molecule has 0 rings (SSSR count). The summed E-state index contributed by atoms with van der Waals surface area (Å²) in [6.45, 7) is 2.92. The number of carbonyl (C=O) groups is 1. The van der Waals surface area contributed by atoms with Gasteiger partial charge in [-0.3, -0.25) is 0 Å². The number of hydrogen-bond acceptors (Lipinski definition) is 5. The number of aliphatic hydroxyl groups excluding tert-OH is 1. The third-order valence-corrected chi connectivity index (χ3v) is 1.07. The summed E-state index contributed by atoms with van der Waals surface area (Å²) in [6.07, 6.45) is 4.19. The van der Waals surface area contributed by atoms with Crippen LogP contribution in [0.3, 0.4) is 0 Å². The van der Waals surface area contributed by atoms with E-state index in [9.17, 15) is 4.79 Å². The molecule has 1 unspecified atom stereocenters. The van der Waals surface area contributed by atoms with Gasteiger partial charge >= 0.3 is 6.16 Å². The fraction of sp³-hybridized carbons (Fsp3) is 0.444. The molecular formula is C9H12O5. The van der Waals surface area contributed by atoms with Crippen LogP contribution in [0.1, 0.15) is 0 Å². The van der Waals surface area contributed by atoms with E-state index in [1.807, 2.05) is 0 Å². The van der Waals surface area contributed by atoms with Gasteiger partial charge in [0.15, 0.2) is 6.61 Å². The van der Waals surface area contributed by atoms with Crippen molar-refractivity contribution < 1.29 is 24.1 Å². The number of hydrogen-bond donors (Lipinski definition) is 1. The van der Waals surface area contributed by atoms with Crippen LogP contribution < -0.4 is 0 Å². The number of aliphatic hydroxyl groups is 1. The summed E-state index contributed by atoms with van der Waals surface area (Å²) >= 11 is 0. The van der Waals surface area contributed by atoms with E-state index in [1.165, 1.54) is 6.26 Å². The summed E-state index contributed by atoms with van der Waals surface area (Å²) in [4.78, 5) is 10.7. The molecule has 0 amide bonds. The molecule has 0 radical (unpaired) electrons. The Labute approximate surface area is 82.3 Å². The fourth-order valence-electron chi connectivity index (χ4n) is 0.534. The summed E-state index contributed by atoms with van der Waals surface area (Å²) in [6, 6.07) is 0. The monoisotopic (exact) mass is 200 g/mol. The van der Waals surface area contributed by atoms with Gasteiger partial charge in [-0.1, -0.05) is 12.5 Å². The maximum atomic E-state index is 10.7. The minimum atomic E-state index is -0.916. The molecule has 0 saturated carbocycles. The molecule has 78 valence electrons. The van der Waals surface area contributed by atoms with Crippen molar-refractivity contribution in [3.05, 3.63) is 12.8 Å². The van der Waals surface area contributed by atoms with E-state index in [-0.39, 0.29) is 19.8 Å². The summed E-state index contributed by atoms with van der Waals surface area (Å²) in [7, 11) is 0. The highest BCUT2D eigenvalue weighted by Crippen LogP contribution is 1.91. The molecule has 0 heterocycles. The average molecular weight is 200 g/mol. The molecule has 5 heteroatoms. The van der Waals surface area contributed by atoms with Crippen LogP contribution in [0.25, 0.3) is 0 Å². The van der Waals surface area contributed by atoms with Gasteiger partial charge in [-0.25, -0.2) is 4.79 Å².